The van der Waals surface area contributed by atoms with Crippen LogP contribution < -0.4 is 10.1 Å². The Morgan fingerprint density at radius 3 is 2.56 bits per heavy atom. The molecule has 158 valence electrons. The zero-order valence-corrected chi connectivity index (χ0v) is 17.1. The van der Waals surface area contributed by atoms with E-state index in [0.29, 0.717) is 11.5 Å². The third kappa shape index (κ3) is 4.06. The van der Waals surface area contributed by atoms with Crippen LogP contribution in [0.15, 0.2) is 91.3 Å². The molecule has 5 aromatic rings. The average Bonchev–Trinajstić information content (AvgIpc) is 3.48. The summed E-state index contributed by atoms with van der Waals surface area (Å²) in [6, 6.07) is 24.7. The predicted octanol–water partition coefficient (Wildman–Crippen LogP) is 3.83. The third-order valence-electron chi connectivity index (χ3n) is 4.99. The first-order valence-corrected chi connectivity index (χ1v) is 10.2. The number of benzene rings is 3. The standard InChI is InChI=1S/C24H20N6O2/c31-24(27-20-11-5-7-13-22(20)30-15-14-25-28-30)16-29-21-12-6-4-10-19(21)26-23(29)17-32-18-8-2-1-3-9-18/h1-15H,16-17H2,(H,27,31). The van der Waals surface area contributed by atoms with Gasteiger partial charge in [-0.2, -0.15) is 0 Å². The van der Waals surface area contributed by atoms with Crippen LogP contribution in [0.5, 0.6) is 5.75 Å². The largest absolute Gasteiger partial charge is 0.486 e. The van der Waals surface area contributed by atoms with E-state index in [-0.39, 0.29) is 19.1 Å². The van der Waals surface area contributed by atoms with Crippen molar-refractivity contribution in [2.45, 2.75) is 13.2 Å². The average molecular weight is 424 g/mol. The van der Waals surface area contributed by atoms with Crippen LogP contribution in [0.3, 0.4) is 0 Å². The van der Waals surface area contributed by atoms with Crippen molar-refractivity contribution in [3.05, 3.63) is 97.1 Å². The number of fused-ring (bicyclic) bond motifs is 1. The molecule has 1 amide bonds. The zero-order valence-electron chi connectivity index (χ0n) is 17.1. The van der Waals surface area contributed by atoms with Gasteiger partial charge < -0.3 is 14.6 Å². The molecule has 0 unspecified atom stereocenters. The number of amides is 1. The summed E-state index contributed by atoms with van der Waals surface area (Å²) in [4.78, 5) is 17.7. The number of hydrogen-bond donors (Lipinski definition) is 1. The van der Waals surface area contributed by atoms with Crippen molar-refractivity contribution >= 4 is 22.6 Å². The molecule has 0 spiro atoms. The minimum atomic E-state index is -0.179. The molecule has 2 aromatic heterocycles. The molecule has 3 aromatic carbocycles. The first kappa shape index (κ1) is 19.5. The monoisotopic (exact) mass is 424 g/mol. The van der Waals surface area contributed by atoms with Crippen LogP contribution in [-0.4, -0.2) is 30.5 Å². The van der Waals surface area contributed by atoms with Gasteiger partial charge in [0.05, 0.1) is 34.8 Å². The number of aromatic nitrogens is 5. The van der Waals surface area contributed by atoms with E-state index in [1.165, 1.54) is 0 Å². The second-order valence-electron chi connectivity index (χ2n) is 7.12. The number of ether oxygens (including phenoxy) is 1. The predicted molar refractivity (Wildman–Crippen MR) is 120 cm³/mol. The molecule has 0 aliphatic heterocycles. The highest BCUT2D eigenvalue weighted by atomic mass is 16.5. The second kappa shape index (κ2) is 8.73. The van der Waals surface area contributed by atoms with E-state index < -0.39 is 0 Å². The quantitative estimate of drug-likeness (QED) is 0.429. The van der Waals surface area contributed by atoms with Crippen LogP contribution in [0.25, 0.3) is 16.7 Å². The van der Waals surface area contributed by atoms with Gasteiger partial charge in [0.1, 0.15) is 24.7 Å². The van der Waals surface area contributed by atoms with Crippen LogP contribution in [-0.2, 0) is 17.9 Å². The number of carbonyl (C=O) groups is 1. The molecule has 0 radical (unpaired) electrons. The fourth-order valence-electron chi connectivity index (χ4n) is 3.53. The Labute approximate surface area is 184 Å². The van der Waals surface area contributed by atoms with Crippen molar-refractivity contribution in [3.63, 3.8) is 0 Å². The molecule has 0 atom stereocenters. The van der Waals surface area contributed by atoms with Crippen molar-refractivity contribution in [2.24, 2.45) is 0 Å². The summed E-state index contributed by atoms with van der Waals surface area (Å²) in [5.74, 6) is 1.24. The number of rotatable bonds is 7. The van der Waals surface area contributed by atoms with Gasteiger partial charge in [-0.1, -0.05) is 47.7 Å². The van der Waals surface area contributed by atoms with E-state index in [4.69, 9.17) is 4.74 Å². The van der Waals surface area contributed by atoms with Crippen LogP contribution >= 0.6 is 0 Å². The summed E-state index contributed by atoms with van der Waals surface area (Å²) in [7, 11) is 0. The summed E-state index contributed by atoms with van der Waals surface area (Å²) in [6.45, 7) is 0.348. The number of para-hydroxylation sites is 5. The minimum Gasteiger partial charge on any atom is -0.486 e. The highest BCUT2D eigenvalue weighted by molar-refractivity contribution is 5.93. The van der Waals surface area contributed by atoms with Gasteiger partial charge in [0.25, 0.3) is 0 Å². The topological polar surface area (TPSA) is 86.9 Å². The van der Waals surface area contributed by atoms with Crippen molar-refractivity contribution < 1.29 is 9.53 Å². The molecule has 2 heterocycles. The molecular weight excluding hydrogens is 404 g/mol. The van der Waals surface area contributed by atoms with Crippen molar-refractivity contribution in [2.75, 3.05) is 5.32 Å². The molecular formula is C24H20N6O2. The Morgan fingerprint density at radius 2 is 1.72 bits per heavy atom. The molecule has 0 aliphatic carbocycles. The van der Waals surface area contributed by atoms with E-state index in [0.717, 1.165) is 22.5 Å². The maximum atomic E-state index is 13.0. The molecule has 1 N–H and O–H groups in total. The Bertz CT molecular complexity index is 1350. The molecule has 32 heavy (non-hydrogen) atoms. The van der Waals surface area contributed by atoms with Gasteiger partial charge in [0, 0.05) is 0 Å². The number of nitrogens with zero attached hydrogens (tertiary/aromatic N) is 5. The van der Waals surface area contributed by atoms with Gasteiger partial charge in [0.15, 0.2) is 0 Å². The van der Waals surface area contributed by atoms with Crippen molar-refractivity contribution in [1.82, 2.24) is 24.5 Å². The fraction of sp³-hybridized carbons (Fsp3) is 0.0833. The third-order valence-corrected chi connectivity index (χ3v) is 4.99. The van der Waals surface area contributed by atoms with E-state index in [1.54, 1.807) is 17.1 Å². The number of carbonyl (C=O) groups excluding carboxylic acids is 1. The zero-order chi connectivity index (χ0) is 21.8. The molecule has 0 fully saturated rings. The maximum absolute atomic E-state index is 13.0. The molecule has 8 heteroatoms. The lowest BCUT2D eigenvalue weighted by Gasteiger charge is -2.13. The number of nitrogens with one attached hydrogen (secondary N) is 1. The highest BCUT2D eigenvalue weighted by Gasteiger charge is 2.15. The van der Waals surface area contributed by atoms with Crippen molar-refractivity contribution in [1.29, 1.82) is 0 Å². The Kier molecular flexibility index (Phi) is 5.32. The van der Waals surface area contributed by atoms with Gasteiger partial charge in [-0.3, -0.25) is 4.79 Å². The van der Waals surface area contributed by atoms with Crippen molar-refractivity contribution in [3.8, 4) is 11.4 Å². The molecule has 0 bridgehead atoms. The Morgan fingerprint density at radius 1 is 0.938 bits per heavy atom. The SMILES string of the molecule is O=C(Cn1c(COc2ccccc2)nc2ccccc21)Nc1ccccc1-n1ccnn1. The Hall–Kier alpha value is -4.46. The van der Waals surface area contributed by atoms with Gasteiger partial charge in [0.2, 0.25) is 5.91 Å². The van der Waals surface area contributed by atoms with Crippen LogP contribution in [0.2, 0.25) is 0 Å². The van der Waals surface area contributed by atoms with Crippen LogP contribution in [0.4, 0.5) is 5.69 Å². The van der Waals surface area contributed by atoms with E-state index in [1.807, 2.05) is 83.4 Å². The lowest BCUT2D eigenvalue weighted by atomic mass is 10.2. The minimum absolute atomic E-state index is 0.0969. The highest BCUT2D eigenvalue weighted by Crippen LogP contribution is 2.21. The fourth-order valence-corrected chi connectivity index (χ4v) is 3.53. The van der Waals surface area contributed by atoms with E-state index >= 15 is 0 Å². The molecule has 0 aliphatic rings. The van der Waals surface area contributed by atoms with Crippen LogP contribution in [0.1, 0.15) is 5.82 Å². The lowest BCUT2D eigenvalue weighted by molar-refractivity contribution is -0.116. The van der Waals surface area contributed by atoms with E-state index in [2.05, 4.69) is 20.6 Å². The lowest BCUT2D eigenvalue weighted by Crippen LogP contribution is -2.21. The van der Waals surface area contributed by atoms with E-state index in [9.17, 15) is 4.79 Å². The summed E-state index contributed by atoms with van der Waals surface area (Å²) >= 11 is 0. The normalized spacial score (nSPS) is 10.9. The summed E-state index contributed by atoms with van der Waals surface area (Å²) in [5.41, 5.74) is 3.07. The number of imidazole rings is 1. The first-order valence-electron chi connectivity index (χ1n) is 10.2. The molecule has 0 saturated carbocycles. The summed E-state index contributed by atoms with van der Waals surface area (Å²) in [5, 5.41) is 10.9. The molecule has 0 saturated heterocycles. The summed E-state index contributed by atoms with van der Waals surface area (Å²) < 4.78 is 9.39. The van der Waals surface area contributed by atoms with Gasteiger partial charge in [-0.05, 0) is 36.4 Å². The second-order valence-corrected chi connectivity index (χ2v) is 7.12. The Balaban J connectivity index is 1.40. The summed E-state index contributed by atoms with van der Waals surface area (Å²) in [6.07, 6.45) is 3.32. The number of hydrogen-bond acceptors (Lipinski definition) is 5. The van der Waals surface area contributed by atoms with Crippen LogP contribution in [0, 0.1) is 0 Å². The van der Waals surface area contributed by atoms with Gasteiger partial charge in [-0.15, -0.1) is 5.10 Å². The number of anilines is 1. The van der Waals surface area contributed by atoms with Gasteiger partial charge in [-0.25, -0.2) is 9.67 Å². The first-order chi connectivity index (χ1) is 15.8. The maximum Gasteiger partial charge on any atom is 0.244 e. The smallest absolute Gasteiger partial charge is 0.244 e. The van der Waals surface area contributed by atoms with Gasteiger partial charge >= 0.3 is 0 Å². The molecule has 5 rings (SSSR count). The molecule has 8 nitrogen and oxygen atoms in total.